The highest BCUT2D eigenvalue weighted by Gasteiger charge is 2.25. The topological polar surface area (TPSA) is 113 Å². The molecule has 0 amide bonds. The minimum atomic E-state index is -1.15. The lowest BCUT2D eigenvalue weighted by Crippen LogP contribution is -2.13. The molecule has 0 aliphatic heterocycles. The van der Waals surface area contributed by atoms with Gasteiger partial charge < -0.3 is 24.8 Å². The van der Waals surface area contributed by atoms with Crippen molar-refractivity contribution < 1.29 is 34.4 Å². The Bertz CT molecular complexity index is 913. The number of carbonyl (C=O) groups excluding carboxylic acids is 1. The Labute approximate surface area is 150 Å². The number of rotatable bonds is 4. The van der Waals surface area contributed by atoms with E-state index < -0.39 is 11.9 Å². The van der Waals surface area contributed by atoms with Crippen molar-refractivity contribution in [3.8, 4) is 23.0 Å². The summed E-state index contributed by atoms with van der Waals surface area (Å²) in [5.41, 5.74) is 1.14. The second-order valence-corrected chi connectivity index (χ2v) is 5.98. The quantitative estimate of drug-likeness (QED) is 0.566. The number of phenols is 2. The normalized spacial score (nSPS) is 10.5. The zero-order chi connectivity index (χ0) is 19.8. The minimum Gasteiger partial charge on any atom is -0.508 e. The molecule has 0 aliphatic carbocycles. The van der Waals surface area contributed by atoms with Crippen LogP contribution in [0.2, 0.25) is 0 Å². The predicted molar refractivity (Wildman–Crippen MR) is 93.6 cm³/mol. The van der Waals surface area contributed by atoms with E-state index in [-0.39, 0.29) is 39.7 Å². The van der Waals surface area contributed by atoms with Crippen LogP contribution in [0.5, 0.6) is 23.0 Å². The van der Waals surface area contributed by atoms with Gasteiger partial charge in [-0.05, 0) is 51.0 Å². The van der Waals surface area contributed by atoms with Gasteiger partial charge in [0.15, 0.2) is 0 Å². The molecule has 0 heterocycles. The highest BCUT2D eigenvalue weighted by molar-refractivity contribution is 5.97. The molecule has 2 aromatic rings. The number of carboxylic acids is 1. The molecular formula is C19H20O7. The van der Waals surface area contributed by atoms with Gasteiger partial charge in [-0.15, -0.1) is 0 Å². The molecule has 7 nitrogen and oxygen atoms in total. The molecule has 3 N–H and O–H groups in total. The van der Waals surface area contributed by atoms with E-state index in [1.165, 1.54) is 26.2 Å². The monoisotopic (exact) mass is 360 g/mol. The predicted octanol–water partition coefficient (Wildman–Crippen LogP) is 3.26. The molecule has 0 radical (unpaired) electrons. The Morgan fingerprint density at radius 3 is 2.04 bits per heavy atom. The van der Waals surface area contributed by atoms with Gasteiger partial charge in [0, 0.05) is 11.1 Å². The lowest BCUT2D eigenvalue weighted by Gasteiger charge is -2.17. The molecule has 138 valence electrons. The summed E-state index contributed by atoms with van der Waals surface area (Å²) < 4.78 is 10.6. The van der Waals surface area contributed by atoms with E-state index in [0.29, 0.717) is 16.7 Å². The maximum Gasteiger partial charge on any atom is 0.347 e. The largest absolute Gasteiger partial charge is 0.508 e. The highest BCUT2D eigenvalue weighted by Crippen LogP contribution is 2.37. The van der Waals surface area contributed by atoms with Crippen molar-refractivity contribution >= 4 is 11.9 Å². The molecule has 0 spiro atoms. The van der Waals surface area contributed by atoms with Crippen LogP contribution in [0.1, 0.15) is 43.0 Å². The number of aromatic carboxylic acids is 1. The van der Waals surface area contributed by atoms with Gasteiger partial charge in [0.2, 0.25) is 0 Å². The van der Waals surface area contributed by atoms with Crippen LogP contribution >= 0.6 is 0 Å². The molecule has 2 aromatic carbocycles. The first-order valence-corrected chi connectivity index (χ1v) is 7.75. The van der Waals surface area contributed by atoms with E-state index in [4.69, 9.17) is 9.47 Å². The molecule has 0 unspecified atom stereocenters. The summed E-state index contributed by atoms with van der Waals surface area (Å²) in [5.74, 6) is -2.24. The van der Waals surface area contributed by atoms with Gasteiger partial charge in [0.1, 0.15) is 34.1 Å². The number of carboxylic acid groups (broad SMARTS) is 1. The number of hydrogen-bond acceptors (Lipinski definition) is 6. The first-order valence-electron chi connectivity index (χ1n) is 7.75. The van der Waals surface area contributed by atoms with Crippen molar-refractivity contribution in [2.45, 2.75) is 27.7 Å². The molecule has 0 aliphatic rings. The van der Waals surface area contributed by atoms with Gasteiger partial charge in [-0.25, -0.2) is 9.59 Å². The third kappa shape index (κ3) is 3.15. The van der Waals surface area contributed by atoms with Crippen molar-refractivity contribution in [3.05, 3.63) is 45.5 Å². The zero-order valence-electron chi connectivity index (χ0n) is 15.1. The van der Waals surface area contributed by atoms with Crippen molar-refractivity contribution in [1.29, 1.82) is 0 Å². The van der Waals surface area contributed by atoms with Gasteiger partial charge in [0.05, 0.1) is 7.11 Å². The Morgan fingerprint density at radius 2 is 1.50 bits per heavy atom. The summed E-state index contributed by atoms with van der Waals surface area (Å²) in [7, 11) is 1.33. The van der Waals surface area contributed by atoms with Crippen LogP contribution in [-0.2, 0) is 0 Å². The fraction of sp³-hybridized carbons (Fsp3) is 0.263. The number of aromatic hydroxyl groups is 2. The summed E-state index contributed by atoms with van der Waals surface area (Å²) in [6.07, 6.45) is 0. The summed E-state index contributed by atoms with van der Waals surface area (Å²) in [6, 6.07) is 2.79. The molecule has 0 bridgehead atoms. The second-order valence-electron chi connectivity index (χ2n) is 5.98. The van der Waals surface area contributed by atoms with Gasteiger partial charge in [0.25, 0.3) is 0 Å². The van der Waals surface area contributed by atoms with Crippen molar-refractivity contribution in [2.24, 2.45) is 0 Å². The van der Waals surface area contributed by atoms with Gasteiger partial charge in [-0.3, -0.25) is 0 Å². The Balaban J connectivity index is 2.54. The first-order chi connectivity index (χ1) is 12.1. The number of methoxy groups -OCH3 is 1. The number of hydrogen-bond donors (Lipinski definition) is 3. The second kappa shape index (κ2) is 6.95. The molecule has 0 fully saturated rings. The van der Waals surface area contributed by atoms with Crippen LogP contribution in [-0.4, -0.2) is 34.4 Å². The Morgan fingerprint density at radius 1 is 0.923 bits per heavy atom. The molecule has 0 aromatic heterocycles. The zero-order valence-corrected chi connectivity index (χ0v) is 15.1. The Hall–Kier alpha value is -3.22. The summed E-state index contributed by atoms with van der Waals surface area (Å²) in [4.78, 5) is 24.0. The summed E-state index contributed by atoms with van der Waals surface area (Å²) in [5, 5.41) is 29.2. The van der Waals surface area contributed by atoms with E-state index in [1.54, 1.807) is 20.8 Å². The third-order valence-electron chi connectivity index (χ3n) is 4.23. The number of aryl methyl sites for hydroxylation is 2. The van der Waals surface area contributed by atoms with E-state index in [9.17, 15) is 24.9 Å². The van der Waals surface area contributed by atoms with Crippen molar-refractivity contribution in [2.75, 3.05) is 7.11 Å². The fourth-order valence-corrected chi connectivity index (χ4v) is 2.77. The molecular weight excluding hydrogens is 340 g/mol. The molecule has 0 atom stereocenters. The molecule has 7 heteroatoms. The van der Waals surface area contributed by atoms with Crippen LogP contribution < -0.4 is 9.47 Å². The lowest BCUT2D eigenvalue weighted by atomic mass is 10.0. The average molecular weight is 360 g/mol. The van der Waals surface area contributed by atoms with Crippen molar-refractivity contribution in [1.82, 2.24) is 0 Å². The van der Waals surface area contributed by atoms with Crippen LogP contribution in [0.4, 0.5) is 0 Å². The number of carbonyl (C=O) groups is 2. The summed E-state index contributed by atoms with van der Waals surface area (Å²) in [6.45, 7) is 6.17. The van der Waals surface area contributed by atoms with Crippen LogP contribution in [0.15, 0.2) is 12.1 Å². The minimum absolute atomic E-state index is 0.00990. The van der Waals surface area contributed by atoms with Crippen LogP contribution in [0.25, 0.3) is 0 Å². The molecule has 0 saturated carbocycles. The standard InChI is InChI=1S/C19H20O7/c1-8-6-12(20)10(3)16(21)14(8)19(24)26-13-7-9(2)15(18(22)23)17(25-5)11(13)4/h6-7,20-21H,1-5H3,(H,22,23). The molecule has 2 rings (SSSR count). The van der Waals surface area contributed by atoms with Crippen LogP contribution in [0, 0.1) is 27.7 Å². The van der Waals surface area contributed by atoms with E-state index in [2.05, 4.69) is 0 Å². The average Bonchev–Trinajstić information content (AvgIpc) is 2.54. The molecule has 26 heavy (non-hydrogen) atoms. The van der Waals surface area contributed by atoms with Crippen LogP contribution in [0.3, 0.4) is 0 Å². The van der Waals surface area contributed by atoms with Gasteiger partial charge >= 0.3 is 11.9 Å². The number of benzene rings is 2. The fourth-order valence-electron chi connectivity index (χ4n) is 2.77. The van der Waals surface area contributed by atoms with E-state index >= 15 is 0 Å². The maximum atomic E-state index is 12.6. The third-order valence-corrected chi connectivity index (χ3v) is 4.23. The van der Waals surface area contributed by atoms with Gasteiger partial charge in [-0.2, -0.15) is 0 Å². The molecule has 0 saturated heterocycles. The van der Waals surface area contributed by atoms with E-state index in [0.717, 1.165) is 0 Å². The summed E-state index contributed by atoms with van der Waals surface area (Å²) >= 11 is 0. The van der Waals surface area contributed by atoms with E-state index in [1.807, 2.05) is 0 Å². The number of esters is 1. The van der Waals surface area contributed by atoms with Crippen molar-refractivity contribution in [3.63, 3.8) is 0 Å². The SMILES string of the molecule is COc1c(C)c(OC(=O)c2c(C)cc(O)c(C)c2O)cc(C)c1C(=O)O. The lowest BCUT2D eigenvalue weighted by molar-refractivity contribution is 0.0692. The smallest absolute Gasteiger partial charge is 0.347 e. The number of phenolic OH excluding ortho intramolecular Hbond substituents is 2. The first kappa shape index (κ1) is 19.1. The van der Waals surface area contributed by atoms with Gasteiger partial charge in [-0.1, -0.05) is 0 Å². The Kier molecular flexibility index (Phi) is 5.11. The highest BCUT2D eigenvalue weighted by atomic mass is 16.5. The number of ether oxygens (including phenoxy) is 2. The maximum absolute atomic E-state index is 12.6.